The van der Waals surface area contributed by atoms with Crippen molar-refractivity contribution in [2.45, 2.75) is 57.9 Å². The van der Waals surface area contributed by atoms with E-state index in [4.69, 9.17) is 15.2 Å². The highest BCUT2D eigenvalue weighted by Crippen LogP contribution is 2.39. The topological polar surface area (TPSA) is 56.5 Å². The number of ether oxygens (including phenoxy) is 2. The van der Waals surface area contributed by atoms with Crippen LogP contribution in [0, 0.1) is 5.41 Å². The second kappa shape index (κ2) is 6.19. The number of hydrogen-bond acceptors (Lipinski definition) is 4. The maximum Gasteiger partial charge on any atom is 0.168 e. The average Bonchev–Trinajstić information content (AvgIpc) is 2.52. The van der Waals surface area contributed by atoms with Gasteiger partial charge in [-0.05, 0) is 30.5 Å². The smallest absolute Gasteiger partial charge is 0.168 e. The number of hydrogen-bond donors (Lipinski definition) is 2. The minimum Gasteiger partial charge on any atom is -0.399 e. The SMILES string of the molecule is CC1(C)COC2(CCC(NCc3ccc(N)cc3)CC2)OC1. The van der Waals surface area contributed by atoms with Gasteiger partial charge in [-0.15, -0.1) is 0 Å². The lowest BCUT2D eigenvalue weighted by atomic mass is 9.87. The highest BCUT2D eigenvalue weighted by molar-refractivity contribution is 5.39. The van der Waals surface area contributed by atoms with Gasteiger partial charge in [0.1, 0.15) is 0 Å². The largest absolute Gasteiger partial charge is 0.399 e. The Balaban J connectivity index is 1.45. The Bertz CT molecular complexity index is 478. The number of rotatable bonds is 3. The summed E-state index contributed by atoms with van der Waals surface area (Å²) in [5, 5.41) is 3.64. The van der Waals surface area contributed by atoms with Crippen LogP contribution in [-0.4, -0.2) is 25.0 Å². The first kappa shape index (κ1) is 15.8. The summed E-state index contributed by atoms with van der Waals surface area (Å²) in [6.45, 7) is 6.89. The molecule has 4 nitrogen and oxygen atoms in total. The molecule has 0 radical (unpaired) electrons. The number of nitrogens with two attached hydrogens (primary N) is 1. The van der Waals surface area contributed by atoms with Gasteiger partial charge >= 0.3 is 0 Å². The lowest BCUT2D eigenvalue weighted by Gasteiger charge is -2.46. The Morgan fingerprint density at radius 3 is 2.27 bits per heavy atom. The van der Waals surface area contributed by atoms with Crippen molar-refractivity contribution in [3.63, 3.8) is 0 Å². The molecular formula is C18H28N2O2. The summed E-state index contributed by atoms with van der Waals surface area (Å²) in [4.78, 5) is 0. The summed E-state index contributed by atoms with van der Waals surface area (Å²) in [6.07, 6.45) is 4.19. The first-order chi connectivity index (χ1) is 10.5. The van der Waals surface area contributed by atoms with Gasteiger partial charge in [0.2, 0.25) is 0 Å². The second-order valence-electron chi connectivity index (χ2n) is 7.55. The molecule has 3 N–H and O–H groups in total. The maximum absolute atomic E-state index is 6.08. The fourth-order valence-electron chi connectivity index (χ4n) is 3.19. The van der Waals surface area contributed by atoms with Crippen LogP contribution in [0.3, 0.4) is 0 Å². The summed E-state index contributed by atoms with van der Waals surface area (Å²) < 4.78 is 12.2. The summed E-state index contributed by atoms with van der Waals surface area (Å²) in [7, 11) is 0. The van der Waals surface area contributed by atoms with E-state index in [9.17, 15) is 0 Å². The van der Waals surface area contributed by atoms with E-state index >= 15 is 0 Å². The third-order valence-corrected chi connectivity index (χ3v) is 4.77. The number of nitrogen functional groups attached to an aromatic ring is 1. The van der Waals surface area contributed by atoms with Crippen LogP contribution >= 0.6 is 0 Å². The van der Waals surface area contributed by atoms with E-state index in [0.29, 0.717) is 6.04 Å². The van der Waals surface area contributed by atoms with Crippen molar-refractivity contribution in [2.24, 2.45) is 5.41 Å². The normalized spacial score (nSPS) is 24.5. The Hall–Kier alpha value is -1.10. The quantitative estimate of drug-likeness (QED) is 0.843. The molecule has 0 atom stereocenters. The first-order valence-corrected chi connectivity index (χ1v) is 8.32. The predicted octanol–water partition coefficient (Wildman–Crippen LogP) is 3.07. The van der Waals surface area contributed by atoms with Gasteiger partial charge in [0.05, 0.1) is 13.2 Å². The number of anilines is 1. The molecule has 0 amide bonds. The van der Waals surface area contributed by atoms with Crippen LogP contribution in [0.1, 0.15) is 45.1 Å². The van der Waals surface area contributed by atoms with Crippen molar-refractivity contribution in [1.29, 1.82) is 0 Å². The molecule has 22 heavy (non-hydrogen) atoms. The maximum atomic E-state index is 6.08. The summed E-state index contributed by atoms with van der Waals surface area (Å²) in [5.74, 6) is -0.311. The summed E-state index contributed by atoms with van der Waals surface area (Å²) >= 11 is 0. The van der Waals surface area contributed by atoms with Crippen molar-refractivity contribution in [2.75, 3.05) is 18.9 Å². The van der Waals surface area contributed by atoms with Crippen LogP contribution in [0.2, 0.25) is 0 Å². The summed E-state index contributed by atoms with van der Waals surface area (Å²) in [6, 6.07) is 8.63. The van der Waals surface area contributed by atoms with E-state index < -0.39 is 0 Å². The minimum atomic E-state index is -0.311. The highest BCUT2D eigenvalue weighted by atomic mass is 16.7. The van der Waals surface area contributed by atoms with Gasteiger partial charge in [-0.2, -0.15) is 0 Å². The summed E-state index contributed by atoms with van der Waals surface area (Å²) in [5.41, 5.74) is 7.96. The Labute approximate surface area is 133 Å². The van der Waals surface area contributed by atoms with Crippen LogP contribution in [0.25, 0.3) is 0 Å². The van der Waals surface area contributed by atoms with E-state index in [1.807, 2.05) is 12.1 Å². The fourth-order valence-corrected chi connectivity index (χ4v) is 3.19. The van der Waals surface area contributed by atoms with Gasteiger partial charge in [-0.25, -0.2) is 0 Å². The molecule has 1 aliphatic carbocycles. The lowest BCUT2D eigenvalue weighted by molar-refractivity contribution is -0.311. The molecule has 1 aromatic carbocycles. The molecular weight excluding hydrogens is 276 g/mol. The van der Waals surface area contributed by atoms with Crippen LogP contribution < -0.4 is 11.1 Å². The third kappa shape index (κ3) is 3.80. The Kier molecular flexibility index (Phi) is 4.44. The molecule has 1 saturated carbocycles. The van der Waals surface area contributed by atoms with Crippen molar-refractivity contribution in [3.05, 3.63) is 29.8 Å². The third-order valence-electron chi connectivity index (χ3n) is 4.77. The highest BCUT2D eigenvalue weighted by Gasteiger charge is 2.42. The standard InChI is InChI=1S/C18H28N2O2/c1-17(2)12-21-18(22-13-17)9-7-16(8-10-18)20-11-14-3-5-15(19)6-4-14/h3-6,16,20H,7-13,19H2,1-2H3. The van der Waals surface area contributed by atoms with Gasteiger partial charge in [0.25, 0.3) is 0 Å². The molecule has 1 spiro atoms. The molecule has 122 valence electrons. The number of benzene rings is 1. The van der Waals surface area contributed by atoms with Gasteiger partial charge < -0.3 is 20.5 Å². The fraction of sp³-hybridized carbons (Fsp3) is 0.667. The minimum absolute atomic E-state index is 0.148. The van der Waals surface area contributed by atoms with E-state index in [1.165, 1.54) is 5.56 Å². The number of nitrogens with one attached hydrogen (secondary N) is 1. The zero-order valence-electron chi connectivity index (χ0n) is 13.7. The molecule has 1 heterocycles. The van der Waals surface area contributed by atoms with Crippen LogP contribution in [-0.2, 0) is 16.0 Å². The monoisotopic (exact) mass is 304 g/mol. The van der Waals surface area contributed by atoms with Gasteiger partial charge in [-0.3, -0.25) is 0 Å². The molecule has 2 aliphatic rings. The van der Waals surface area contributed by atoms with E-state index in [-0.39, 0.29) is 11.2 Å². The van der Waals surface area contributed by atoms with Crippen LogP contribution in [0.5, 0.6) is 0 Å². The molecule has 2 fully saturated rings. The van der Waals surface area contributed by atoms with E-state index in [2.05, 4.69) is 31.3 Å². The molecule has 3 rings (SSSR count). The second-order valence-corrected chi connectivity index (χ2v) is 7.55. The average molecular weight is 304 g/mol. The lowest BCUT2D eigenvalue weighted by Crippen LogP contribution is -2.51. The molecule has 0 bridgehead atoms. The van der Waals surface area contributed by atoms with Crippen molar-refractivity contribution < 1.29 is 9.47 Å². The Morgan fingerprint density at radius 2 is 1.68 bits per heavy atom. The van der Waals surface area contributed by atoms with Crippen LogP contribution in [0.15, 0.2) is 24.3 Å². The van der Waals surface area contributed by atoms with Gasteiger partial charge in [0, 0.05) is 36.5 Å². The molecule has 1 saturated heterocycles. The molecule has 1 aliphatic heterocycles. The van der Waals surface area contributed by atoms with E-state index in [0.717, 1.165) is 51.1 Å². The molecule has 1 aromatic rings. The van der Waals surface area contributed by atoms with Gasteiger partial charge in [0.15, 0.2) is 5.79 Å². The zero-order chi connectivity index (χ0) is 15.6. The van der Waals surface area contributed by atoms with E-state index in [1.54, 1.807) is 0 Å². The van der Waals surface area contributed by atoms with Crippen molar-refractivity contribution in [1.82, 2.24) is 5.32 Å². The predicted molar refractivity (Wildman–Crippen MR) is 88.4 cm³/mol. The Morgan fingerprint density at radius 1 is 1.09 bits per heavy atom. The molecule has 4 heteroatoms. The first-order valence-electron chi connectivity index (χ1n) is 8.32. The zero-order valence-corrected chi connectivity index (χ0v) is 13.7. The van der Waals surface area contributed by atoms with Crippen LogP contribution in [0.4, 0.5) is 5.69 Å². The molecule has 0 aromatic heterocycles. The van der Waals surface area contributed by atoms with Crippen molar-refractivity contribution >= 4 is 5.69 Å². The molecule has 0 unspecified atom stereocenters. The van der Waals surface area contributed by atoms with Gasteiger partial charge in [-0.1, -0.05) is 26.0 Å². The van der Waals surface area contributed by atoms with Crippen molar-refractivity contribution in [3.8, 4) is 0 Å².